The van der Waals surface area contributed by atoms with Crippen LogP contribution in [0.1, 0.15) is 42.2 Å². The molecule has 25 heavy (non-hydrogen) atoms. The predicted molar refractivity (Wildman–Crippen MR) is 88.2 cm³/mol. The van der Waals surface area contributed by atoms with Gasteiger partial charge in [-0.1, -0.05) is 30.1 Å². The molecule has 1 amide bonds. The van der Waals surface area contributed by atoms with E-state index in [2.05, 4.69) is 10.1 Å². The smallest absolute Gasteiger partial charge is 0.408 e. The zero-order chi connectivity index (χ0) is 17.2. The molecule has 0 atom stereocenters. The molecule has 4 rings (SSSR count). The van der Waals surface area contributed by atoms with Gasteiger partial charge < -0.3 is 13.8 Å². The Balaban J connectivity index is 1.56. The van der Waals surface area contributed by atoms with Gasteiger partial charge in [-0.25, -0.2) is 4.79 Å². The van der Waals surface area contributed by atoms with Crippen LogP contribution in [0.25, 0.3) is 11.1 Å². The quantitative estimate of drug-likeness (QED) is 0.723. The number of carbonyl (C=O) groups excluding carboxylic acids is 1. The molecule has 0 saturated carbocycles. The highest BCUT2D eigenvalue weighted by Crippen LogP contribution is 2.15. The third-order valence-corrected chi connectivity index (χ3v) is 4.42. The molecule has 1 aliphatic rings. The molecule has 2 aromatic heterocycles. The number of likely N-dealkylation sites (tertiary alicyclic amines) is 1. The topological polar surface area (TPSA) is 94.4 Å². The summed E-state index contributed by atoms with van der Waals surface area (Å²) in [6.45, 7) is 1.51. The Hall–Kier alpha value is -2.90. The molecule has 8 heteroatoms. The fourth-order valence-electron chi connectivity index (χ4n) is 3.12. The fourth-order valence-corrected chi connectivity index (χ4v) is 3.12. The largest absolute Gasteiger partial charge is 0.420 e. The summed E-state index contributed by atoms with van der Waals surface area (Å²) < 4.78 is 11.7. The summed E-state index contributed by atoms with van der Waals surface area (Å²) in [6.07, 6.45) is 4.25. The van der Waals surface area contributed by atoms with Gasteiger partial charge in [0.05, 0.1) is 12.1 Å². The number of para-hydroxylation sites is 2. The minimum Gasteiger partial charge on any atom is -0.408 e. The Labute approximate surface area is 143 Å². The second-order valence-corrected chi connectivity index (χ2v) is 6.14. The maximum absolute atomic E-state index is 12.5. The van der Waals surface area contributed by atoms with Crippen LogP contribution in [-0.4, -0.2) is 38.6 Å². The van der Waals surface area contributed by atoms with Gasteiger partial charge in [0.1, 0.15) is 0 Å². The Morgan fingerprint density at radius 3 is 2.68 bits per heavy atom. The minimum atomic E-state index is -0.494. The van der Waals surface area contributed by atoms with E-state index in [1.807, 2.05) is 6.07 Å². The van der Waals surface area contributed by atoms with E-state index in [1.165, 1.54) is 4.57 Å². The van der Waals surface area contributed by atoms with Crippen molar-refractivity contribution < 1.29 is 13.7 Å². The summed E-state index contributed by atoms with van der Waals surface area (Å²) in [6, 6.07) is 7.11. The number of rotatable bonds is 3. The second kappa shape index (κ2) is 6.54. The predicted octanol–water partition coefficient (Wildman–Crippen LogP) is 2.04. The lowest BCUT2D eigenvalue weighted by Crippen LogP contribution is -2.32. The number of carbonyl (C=O) groups is 1. The highest BCUT2D eigenvalue weighted by Gasteiger charge is 2.23. The van der Waals surface area contributed by atoms with Gasteiger partial charge in [0.15, 0.2) is 11.4 Å². The number of amides is 1. The first-order valence-electron chi connectivity index (χ1n) is 8.42. The van der Waals surface area contributed by atoms with Crippen molar-refractivity contribution in [2.75, 3.05) is 13.1 Å². The van der Waals surface area contributed by atoms with Crippen LogP contribution in [-0.2, 0) is 6.54 Å². The first-order chi connectivity index (χ1) is 12.2. The number of aromatic nitrogens is 3. The SMILES string of the molecule is O=C(c1nc(Cn2c(=O)oc3ccccc32)no1)N1CCCCCC1. The summed E-state index contributed by atoms with van der Waals surface area (Å²) in [5, 5.41) is 3.84. The zero-order valence-corrected chi connectivity index (χ0v) is 13.7. The van der Waals surface area contributed by atoms with E-state index in [0.29, 0.717) is 24.2 Å². The summed E-state index contributed by atoms with van der Waals surface area (Å²) in [4.78, 5) is 30.4. The molecule has 1 fully saturated rings. The molecule has 3 aromatic rings. The molecule has 0 unspecified atom stereocenters. The minimum absolute atomic E-state index is 0.0299. The lowest BCUT2D eigenvalue weighted by atomic mass is 10.2. The van der Waals surface area contributed by atoms with Crippen molar-refractivity contribution in [2.45, 2.75) is 32.2 Å². The van der Waals surface area contributed by atoms with E-state index in [0.717, 1.165) is 25.7 Å². The molecule has 0 N–H and O–H groups in total. The van der Waals surface area contributed by atoms with Crippen LogP contribution in [0.15, 0.2) is 38.0 Å². The van der Waals surface area contributed by atoms with E-state index in [9.17, 15) is 9.59 Å². The van der Waals surface area contributed by atoms with Gasteiger partial charge in [-0.15, -0.1) is 0 Å². The summed E-state index contributed by atoms with van der Waals surface area (Å²) in [5.41, 5.74) is 1.15. The third kappa shape index (κ3) is 3.07. The van der Waals surface area contributed by atoms with E-state index >= 15 is 0 Å². The molecule has 0 spiro atoms. The molecular formula is C17H18N4O4. The summed E-state index contributed by atoms with van der Waals surface area (Å²) in [5.74, 6) is -0.499. The number of fused-ring (bicyclic) bond motifs is 1. The molecule has 1 saturated heterocycles. The van der Waals surface area contributed by atoms with Crippen molar-refractivity contribution in [3.63, 3.8) is 0 Å². The molecule has 1 aromatic carbocycles. The van der Waals surface area contributed by atoms with E-state index in [1.54, 1.807) is 23.1 Å². The first kappa shape index (κ1) is 15.6. The number of oxazole rings is 1. The van der Waals surface area contributed by atoms with E-state index in [4.69, 9.17) is 8.94 Å². The average Bonchev–Trinajstić information content (AvgIpc) is 3.09. The maximum Gasteiger partial charge on any atom is 0.420 e. The number of hydrogen-bond donors (Lipinski definition) is 0. The average molecular weight is 342 g/mol. The second-order valence-electron chi connectivity index (χ2n) is 6.14. The highest BCUT2D eigenvalue weighted by molar-refractivity contribution is 5.89. The van der Waals surface area contributed by atoms with Crippen molar-refractivity contribution in [1.29, 1.82) is 0 Å². The van der Waals surface area contributed by atoms with E-state index in [-0.39, 0.29) is 24.2 Å². The van der Waals surface area contributed by atoms with Gasteiger partial charge in [-0.05, 0) is 25.0 Å². The van der Waals surface area contributed by atoms with Crippen LogP contribution >= 0.6 is 0 Å². The number of nitrogens with zero attached hydrogens (tertiary/aromatic N) is 4. The third-order valence-electron chi connectivity index (χ3n) is 4.42. The molecule has 8 nitrogen and oxygen atoms in total. The van der Waals surface area contributed by atoms with Crippen LogP contribution in [0.4, 0.5) is 0 Å². The Kier molecular flexibility index (Phi) is 4.09. The summed E-state index contributed by atoms with van der Waals surface area (Å²) >= 11 is 0. The molecule has 0 aliphatic carbocycles. The van der Waals surface area contributed by atoms with Crippen LogP contribution in [0.3, 0.4) is 0 Å². The fraction of sp³-hybridized carbons (Fsp3) is 0.412. The monoisotopic (exact) mass is 342 g/mol. The standard InChI is InChI=1S/C17H18N4O4/c22-16(20-9-5-1-2-6-10-20)15-18-14(19-25-15)11-21-12-7-3-4-8-13(12)24-17(21)23/h3-4,7-8H,1-2,5-6,9-11H2. The van der Waals surface area contributed by atoms with Crippen molar-refractivity contribution in [3.8, 4) is 0 Å². The van der Waals surface area contributed by atoms with E-state index < -0.39 is 5.76 Å². The lowest BCUT2D eigenvalue weighted by Gasteiger charge is -2.17. The van der Waals surface area contributed by atoms with Gasteiger partial charge in [0.2, 0.25) is 0 Å². The Morgan fingerprint density at radius 2 is 1.88 bits per heavy atom. The van der Waals surface area contributed by atoms with Gasteiger partial charge in [0, 0.05) is 13.1 Å². The van der Waals surface area contributed by atoms with Crippen molar-refractivity contribution >= 4 is 17.0 Å². The zero-order valence-electron chi connectivity index (χ0n) is 13.7. The van der Waals surface area contributed by atoms with Crippen LogP contribution in [0.5, 0.6) is 0 Å². The van der Waals surface area contributed by atoms with Gasteiger partial charge >= 0.3 is 17.6 Å². The summed E-state index contributed by atoms with van der Waals surface area (Å²) in [7, 11) is 0. The molecular weight excluding hydrogens is 324 g/mol. The van der Waals surface area contributed by atoms with Crippen molar-refractivity contribution in [2.24, 2.45) is 0 Å². The first-order valence-corrected chi connectivity index (χ1v) is 8.42. The normalized spacial score (nSPS) is 15.4. The maximum atomic E-state index is 12.5. The van der Waals surface area contributed by atoms with Crippen molar-refractivity contribution in [1.82, 2.24) is 19.6 Å². The molecule has 0 radical (unpaired) electrons. The molecule has 3 heterocycles. The Morgan fingerprint density at radius 1 is 1.12 bits per heavy atom. The van der Waals surface area contributed by atoms with Gasteiger partial charge in [-0.2, -0.15) is 4.98 Å². The molecule has 0 bridgehead atoms. The van der Waals surface area contributed by atoms with Crippen LogP contribution in [0.2, 0.25) is 0 Å². The van der Waals surface area contributed by atoms with Crippen LogP contribution < -0.4 is 5.76 Å². The van der Waals surface area contributed by atoms with Crippen LogP contribution in [0, 0.1) is 0 Å². The lowest BCUT2D eigenvalue weighted by molar-refractivity contribution is 0.0711. The van der Waals surface area contributed by atoms with Crippen molar-refractivity contribution in [3.05, 3.63) is 46.5 Å². The molecule has 1 aliphatic heterocycles. The number of benzene rings is 1. The van der Waals surface area contributed by atoms with Gasteiger partial charge in [-0.3, -0.25) is 9.36 Å². The number of hydrogen-bond acceptors (Lipinski definition) is 6. The molecule has 130 valence electrons. The highest BCUT2D eigenvalue weighted by atomic mass is 16.5. The Bertz CT molecular complexity index is 947. The van der Waals surface area contributed by atoms with Gasteiger partial charge in [0.25, 0.3) is 0 Å².